The molecule has 0 aliphatic heterocycles. The van der Waals surface area contributed by atoms with E-state index in [0.29, 0.717) is 0 Å². The molecule has 0 heterocycles. The molecule has 0 aliphatic carbocycles. The Bertz CT molecular complexity index is 579. The summed E-state index contributed by atoms with van der Waals surface area (Å²) < 4.78 is 13.4. The van der Waals surface area contributed by atoms with Crippen molar-refractivity contribution in [3.05, 3.63) is 31.6 Å². The third-order valence-electron chi connectivity index (χ3n) is 2.24. The summed E-state index contributed by atoms with van der Waals surface area (Å²) in [7, 11) is 0. The van der Waals surface area contributed by atoms with E-state index in [1.165, 1.54) is 0 Å². The lowest BCUT2D eigenvalue weighted by atomic mass is 10.2. The van der Waals surface area contributed by atoms with Crippen LogP contribution in [0.1, 0.15) is 6.42 Å². The first-order chi connectivity index (χ1) is 9.22. The van der Waals surface area contributed by atoms with Crippen molar-refractivity contribution in [3.8, 4) is 0 Å². The molecule has 108 valence electrons. The fraction of sp³-hybridized carbons (Fsp3) is 0.200. The van der Waals surface area contributed by atoms with Gasteiger partial charge >= 0.3 is 11.9 Å². The first kappa shape index (κ1) is 16.1. The van der Waals surface area contributed by atoms with Gasteiger partial charge in [0, 0.05) is 12.1 Å². The fourth-order valence-electron chi connectivity index (χ4n) is 1.37. The van der Waals surface area contributed by atoms with Crippen molar-refractivity contribution in [2.75, 3.05) is 5.32 Å². The molecule has 1 rings (SSSR count). The molecule has 1 aromatic rings. The monoisotopic (exact) mass is 398 g/mol. The predicted octanol–water partition coefficient (Wildman–Crippen LogP) is 1.68. The van der Waals surface area contributed by atoms with Crippen LogP contribution in [0.5, 0.6) is 0 Å². The zero-order valence-electron chi connectivity index (χ0n) is 9.67. The maximum atomic E-state index is 13.4. The van der Waals surface area contributed by atoms with Crippen molar-refractivity contribution in [1.29, 1.82) is 0 Å². The highest BCUT2D eigenvalue weighted by atomic mass is 127. The van der Waals surface area contributed by atoms with E-state index in [9.17, 15) is 24.1 Å². The molecule has 1 unspecified atom stereocenters. The van der Waals surface area contributed by atoms with Crippen LogP contribution >= 0.6 is 22.6 Å². The molecule has 0 aromatic heterocycles. The molecule has 1 aromatic carbocycles. The van der Waals surface area contributed by atoms with E-state index in [1.54, 1.807) is 22.6 Å². The SMILES string of the molecule is O=C(O)CC(Nc1cc(F)c(I)cc1[N+](=O)[O-])C(=O)O. The Kier molecular flexibility index (Phi) is 5.19. The largest absolute Gasteiger partial charge is 0.481 e. The lowest BCUT2D eigenvalue weighted by Gasteiger charge is -2.14. The first-order valence-electron chi connectivity index (χ1n) is 5.07. The summed E-state index contributed by atoms with van der Waals surface area (Å²) >= 11 is 1.55. The molecule has 0 fully saturated rings. The number of halogens is 2. The number of carbonyl (C=O) groups is 2. The number of nitro groups is 1. The van der Waals surface area contributed by atoms with E-state index < -0.39 is 40.8 Å². The second-order valence-electron chi connectivity index (χ2n) is 3.67. The standard InChI is InChI=1S/C10H8FIN2O6/c11-4-1-6(8(14(19)20)2-5(4)12)13-7(10(17)18)3-9(15)16/h1-2,7,13H,3H2,(H,15,16)(H,17,18). The summed E-state index contributed by atoms with van der Waals surface area (Å²) in [6, 6.07) is 0.0842. The number of benzene rings is 1. The van der Waals surface area contributed by atoms with E-state index >= 15 is 0 Å². The van der Waals surface area contributed by atoms with Gasteiger partial charge < -0.3 is 15.5 Å². The van der Waals surface area contributed by atoms with Gasteiger partial charge in [0.15, 0.2) is 0 Å². The van der Waals surface area contributed by atoms with Gasteiger partial charge in [-0.1, -0.05) is 0 Å². The van der Waals surface area contributed by atoms with E-state index in [1.807, 2.05) is 0 Å². The molecule has 0 saturated heterocycles. The van der Waals surface area contributed by atoms with Crippen LogP contribution in [0.4, 0.5) is 15.8 Å². The Morgan fingerprint density at radius 2 is 2.05 bits per heavy atom. The molecule has 0 saturated carbocycles. The minimum atomic E-state index is -1.61. The number of rotatable bonds is 6. The summed E-state index contributed by atoms with van der Waals surface area (Å²) in [5.41, 5.74) is -0.922. The third kappa shape index (κ3) is 4.01. The van der Waals surface area contributed by atoms with Crippen molar-refractivity contribution in [2.24, 2.45) is 0 Å². The van der Waals surface area contributed by atoms with Crippen LogP contribution in [0.15, 0.2) is 12.1 Å². The number of hydrogen-bond acceptors (Lipinski definition) is 5. The van der Waals surface area contributed by atoms with Crippen LogP contribution in [0.25, 0.3) is 0 Å². The van der Waals surface area contributed by atoms with Gasteiger partial charge in [0.1, 0.15) is 17.5 Å². The molecule has 0 aliphatic rings. The average molecular weight is 398 g/mol. The molecule has 0 bridgehead atoms. The summed E-state index contributed by atoms with van der Waals surface area (Å²) in [4.78, 5) is 31.4. The highest BCUT2D eigenvalue weighted by molar-refractivity contribution is 14.1. The van der Waals surface area contributed by atoms with Crippen LogP contribution < -0.4 is 5.32 Å². The van der Waals surface area contributed by atoms with Crippen LogP contribution in [0, 0.1) is 19.5 Å². The Hall–Kier alpha value is -1.98. The summed E-state index contributed by atoms with van der Waals surface area (Å²) in [6.07, 6.45) is -0.805. The minimum Gasteiger partial charge on any atom is -0.481 e. The van der Waals surface area contributed by atoms with Gasteiger partial charge in [-0.3, -0.25) is 14.9 Å². The number of carboxylic acid groups (broad SMARTS) is 2. The summed E-state index contributed by atoms with van der Waals surface area (Å²) in [6.45, 7) is 0. The maximum absolute atomic E-state index is 13.4. The van der Waals surface area contributed by atoms with E-state index in [-0.39, 0.29) is 9.26 Å². The molecule has 1 atom stereocenters. The summed E-state index contributed by atoms with van der Waals surface area (Å²) in [5, 5.41) is 30.4. The second kappa shape index (κ2) is 6.45. The third-order valence-corrected chi connectivity index (χ3v) is 3.07. The Morgan fingerprint density at radius 1 is 1.45 bits per heavy atom. The van der Waals surface area contributed by atoms with E-state index in [0.717, 1.165) is 12.1 Å². The normalized spacial score (nSPS) is 11.7. The van der Waals surface area contributed by atoms with Gasteiger partial charge in [0.2, 0.25) is 0 Å². The molecule has 8 nitrogen and oxygen atoms in total. The fourth-order valence-corrected chi connectivity index (χ4v) is 1.82. The molecule has 20 heavy (non-hydrogen) atoms. The predicted molar refractivity (Wildman–Crippen MR) is 73.1 cm³/mol. The number of carboxylic acids is 2. The van der Waals surface area contributed by atoms with Crippen LogP contribution in [0.3, 0.4) is 0 Å². The zero-order valence-corrected chi connectivity index (χ0v) is 11.8. The zero-order chi connectivity index (χ0) is 15.4. The molecular formula is C10H8FIN2O6. The highest BCUT2D eigenvalue weighted by Crippen LogP contribution is 2.29. The topological polar surface area (TPSA) is 130 Å². The van der Waals surface area contributed by atoms with Gasteiger partial charge in [0.05, 0.1) is 14.9 Å². The average Bonchev–Trinajstić information content (AvgIpc) is 2.31. The number of nitro benzene ring substituents is 1. The number of aliphatic carboxylic acids is 2. The highest BCUT2D eigenvalue weighted by Gasteiger charge is 2.25. The minimum absolute atomic E-state index is 0.00930. The number of anilines is 1. The maximum Gasteiger partial charge on any atom is 0.326 e. The molecule has 3 N–H and O–H groups in total. The van der Waals surface area contributed by atoms with E-state index in [2.05, 4.69) is 5.32 Å². The van der Waals surface area contributed by atoms with E-state index in [4.69, 9.17) is 10.2 Å². The van der Waals surface area contributed by atoms with Gasteiger partial charge in [0.25, 0.3) is 5.69 Å². The van der Waals surface area contributed by atoms with Gasteiger partial charge in [-0.25, -0.2) is 9.18 Å². The molecule has 10 heteroatoms. The van der Waals surface area contributed by atoms with Gasteiger partial charge in [-0.05, 0) is 22.6 Å². The van der Waals surface area contributed by atoms with Gasteiger partial charge in [-0.15, -0.1) is 0 Å². The van der Waals surface area contributed by atoms with Crippen LogP contribution in [-0.4, -0.2) is 33.1 Å². The van der Waals surface area contributed by atoms with Crippen molar-refractivity contribution in [3.63, 3.8) is 0 Å². The Morgan fingerprint density at radius 3 is 2.50 bits per heavy atom. The number of nitrogens with one attached hydrogen (secondary N) is 1. The van der Waals surface area contributed by atoms with Crippen molar-refractivity contribution < 1.29 is 29.1 Å². The summed E-state index contributed by atoms with van der Waals surface area (Å²) in [5.74, 6) is -3.70. The molecule has 0 spiro atoms. The lowest BCUT2D eigenvalue weighted by Crippen LogP contribution is -2.32. The molecular weight excluding hydrogens is 390 g/mol. The number of hydrogen-bond donors (Lipinski definition) is 3. The Labute approximate surface area is 124 Å². The smallest absolute Gasteiger partial charge is 0.326 e. The van der Waals surface area contributed by atoms with Crippen molar-refractivity contribution in [2.45, 2.75) is 12.5 Å². The second-order valence-corrected chi connectivity index (χ2v) is 4.84. The first-order valence-corrected chi connectivity index (χ1v) is 6.14. The molecule has 0 amide bonds. The quantitative estimate of drug-likeness (QED) is 0.378. The number of nitrogens with zero attached hydrogens (tertiary/aromatic N) is 1. The lowest BCUT2D eigenvalue weighted by molar-refractivity contribution is -0.384. The van der Waals surface area contributed by atoms with Crippen molar-refractivity contribution in [1.82, 2.24) is 0 Å². The van der Waals surface area contributed by atoms with Crippen molar-refractivity contribution >= 4 is 45.9 Å². The van der Waals surface area contributed by atoms with Gasteiger partial charge in [-0.2, -0.15) is 0 Å². The Balaban J connectivity index is 3.17. The van der Waals surface area contributed by atoms with Crippen LogP contribution in [-0.2, 0) is 9.59 Å². The molecule has 0 radical (unpaired) electrons. The van der Waals surface area contributed by atoms with Crippen LogP contribution in [0.2, 0.25) is 0 Å².